The van der Waals surface area contributed by atoms with Crippen LogP contribution in [0.5, 0.6) is 0 Å². The molecular formula is C29H27ClN10O3. The molecule has 1 unspecified atom stereocenters. The summed E-state index contributed by atoms with van der Waals surface area (Å²) in [5.74, 6) is -0.354. The summed E-state index contributed by atoms with van der Waals surface area (Å²) in [6.45, 7) is 2.72. The fourth-order valence-corrected chi connectivity index (χ4v) is 4.46. The molecule has 0 aliphatic carbocycles. The third-order valence-corrected chi connectivity index (χ3v) is 6.66. The second-order valence-corrected chi connectivity index (χ2v) is 9.72. The largest absolute Gasteiger partial charge is 0.453 e. The quantitative estimate of drug-likeness (QED) is 0.224. The Morgan fingerprint density at radius 1 is 1.07 bits per heavy atom. The maximum Gasteiger partial charge on any atom is 0.411 e. The van der Waals surface area contributed by atoms with E-state index >= 15 is 0 Å². The summed E-state index contributed by atoms with van der Waals surface area (Å²) in [7, 11) is 1.30. The normalized spacial score (nSPS) is 11.8. The first-order valence-electron chi connectivity index (χ1n) is 13.2. The van der Waals surface area contributed by atoms with Crippen LogP contribution in [0.25, 0.3) is 22.9 Å². The minimum atomic E-state index is -0.555. The summed E-state index contributed by atoms with van der Waals surface area (Å²) in [6.07, 6.45) is 7.88. The third kappa shape index (κ3) is 7.45. The molecule has 1 atom stereocenters. The van der Waals surface area contributed by atoms with E-state index in [2.05, 4.69) is 46.2 Å². The third-order valence-electron chi connectivity index (χ3n) is 6.43. The van der Waals surface area contributed by atoms with E-state index in [-0.39, 0.29) is 5.91 Å². The summed E-state index contributed by atoms with van der Waals surface area (Å²) in [5.41, 5.74) is 4.88. The molecule has 3 aromatic heterocycles. The lowest BCUT2D eigenvalue weighted by atomic mass is 10.0. The molecule has 13 nitrogen and oxygen atoms in total. The zero-order chi connectivity index (χ0) is 30.2. The van der Waals surface area contributed by atoms with Crippen molar-refractivity contribution in [2.75, 3.05) is 12.4 Å². The number of hydrogen-bond donors (Lipinski definition) is 2. The van der Waals surface area contributed by atoms with Crippen molar-refractivity contribution in [2.24, 2.45) is 0 Å². The standard InChI is InChI=1S/C29H27ClN10O3/c1-3-39-13-12-24(36-39)16-25(26-15-21(17-31-35-26)19-4-8-23(9-5-19)33-29(42)43-2)34-28(41)11-6-20-14-22(30)7-10-27(20)40-18-32-37-38-40/h4-15,17-18,25H,3,16H2,1-2H3,(H,33,42)(H,34,41). The Kier molecular flexibility index (Phi) is 9.12. The highest BCUT2D eigenvalue weighted by Crippen LogP contribution is 2.25. The summed E-state index contributed by atoms with van der Waals surface area (Å²) >= 11 is 6.22. The van der Waals surface area contributed by atoms with E-state index in [1.165, 1.54) is 24.2 Å². The van der Waals surface area contributed by atoms with E-state index < -0.39 is 12.1 Å². The maximum atomic E-state index is 13.2. The molecule has 43 heavy (non-hydrogen) atoms. The van der Waals surface area contributed by atoms with Crippen LogP contribution in [-0.4, -0.2) is 59.3 Å². The summed E-state index contributed by atoms with van der Waals surface area (Å²) in [5, 5.41) is 30.6. The van der Waals surface area contributed by atoms with Crippen molar-refractivity contribution in [1.82, 2.24) is 45.5 Å². The highest BCUT2D eigenvalue weighted by atomic mass is 35.5. The maximum absolute atomic E-state index is 13.2. The zero-order valence-electron chi connectivity index (χ0n) is 23.3. The van der Waals surface area contributed by atoms with Crippen LogP contribution < -0.4 is 10.6 Å². The van der Waals surface area contributed by atoms with Crippen LogP contribution in [0.4, 0.5) is 10.5 Å². The molecular weight excluding hydrogens is 572 g/mol. The monoisotopic (exact) mass is 598 g/mol. The van der Waals surface area contributed by atoms with Gasteiger partial charge < -0.3 is 10.1 Å². The number of nitrogens with one attached hydrogen (secondary N) is 2. The average molecular weight is 599 g/mol. The Labute approximate surface area is 251 Å². The Morgan fingerprint density at radius 2 is 1.91 bits per heavy atom. The molecule has 3 heterocycles. The molecule has 14 heteroatoms. The Morgan fingerprint density at radius 3 is 2.63 bits per heavy atom. The number of benzene rings is 2. The van der Waals surface area contributed by atoms with Gasteiger partial charge in [0.05, 0.1) is 36.4 Å². The van der Waals surface area contributed by atoms with Gasteiger partial charge in [-0.25, -0.2) is 4.79 Å². The fourth-order valence-electron chi connectivity index (χ4n) is 4.28. The van der Waals surface area contributed by atoms with Crippen LogP contribution >= 0.6 is 11.6 Å². The number of aryl methyl sites for hydroxylation is 1. The van der Waals surface area contributed by atoms with Gasteiger partial charge in [-0.3, -0.25) is 14.8 Å². The second kappa shape index (κ2) is 13.5. The molecule has 0 aliphatic heterocycles. The van der Waals surface area contributed by atoms with Crippen LogP contribution in [0.2, 0.25) is 5.02 Å². The van der Waals surface area contributed by atoms with Crippen molar-refractivity contribution in [3.05, 3.63) is 101 Å². The van der Waals surface area contributed by atoms with Gasteiger partial charge in [0.1, 0.15) is 6.33 Å². The van der Waals surface area contributed by atoms with Crippen LogP contribution in [0.3, 0.4) is 0 Å². The number of rotatable bonds is 10. The number of ether oxygens (including phenoxy) is 1. The average Bonchev–Trinajstić information content (AvgIpc) is 3.73. The molecule has 0 bridgehead atoms. The summed E-state index contributed by atoms with van der Waals surface area (Å²) in [6, 6.07) is 15.7. The lowest BCUT2D eigenvalue weighted by molar-refractivity contribution is -0.117. The molecule has 0 fully saturated rings. The van der Waals surface area contributed by atoms with Gasteiger partial charge in [0, 0.05) is 47.1 Å². The fraction of sp³-hybridized carbons (Fsp3) is 0.172. The number of amides is 2. The molecule has 218 valence electrons. The lowest BCUT2D eigenvalue weighted by Crippen LogP contribution is -2.29. The predicted octanol–water partition coefficient (Wildman–Crippen LogP) is 4.28. The van der Waals surface area contributed by atoms with Crippen molar-refractivity contribution in [2.45, 2.75) is 25.9 Å². The summed E-state index contributed by atoms with van der Waals surface area (Å²) < 4.78 is 7.95. The molecule has 0 saturated carbocycles. The molecule has 0 saturated heterocycles. The number of nitrogens with zero attached hydrogens (tertiary/aromatic N) is 8. The van der Waals surface area contributed by atoms with E-state index in [1.54, 1.807) is 42.6 Å². The molecule has 0 radical (unpaired) electrons. The number of tetrazole rings is 1. The molecule has 5 aromatic rings. The Bertz CT molecular complexity index is 1740. The molecule has 2 amide bonds. The Balaban J connectivity index is 1.40. The van der Waals surface area contributed by atoms with Crippen LogP contribution in [0, 0.1) is 0 Å². The van der Waals surface area contributed by atoms with Crippen molar-refractivity contribution in [1.29, 1.82) is 0 Å². The van der Waals surface area contributed by atoms with Crippen LogP contribution in [-0.2, 0) is 22.5 Å². The van der Waals surface area contributed by atoms with Gasteiger partial charge in [0.15, 0.2) is 0 Å². The first kappa shape index (κ1) is 29.1. The highest BCUT2D eigenvalue weighted by Gasteiger charge is 2.19. The molecule has 0 spiro atoms. The first-order chi connectivity index (χ1) is 20.9. The number of methoxy groups -OCH3 is 1. The van der Waals surface area contributed by atoms with Gasteiger partial charge >= 0.3 is 6.09 Å². The minimum Gasteiger partial charge on any atom is -0.453 e. The van der Waals surface area contributed by atoms with E-state index in [9.17, 15) is 9.59 Å². The number of anilines is 1. The molecule has 5 rings (SSSR count). The van der Waals surface area contributed by atoms with Gasteiger partial charge in [-0.05, 0) is 71.5 Å². The number of carbonyl (C=O) groups is 2. The zero-order valence-corrected chi connectivity index (χ0v) is 24.0. The molecule has 2 aromatic carbocycles. The van der Waals surface area contributed by atoms with Crippen molar-refractivity contribution >= 4 is 35.4 Å². The predicted molar refractivity (Wildman–Crippen MR) is 159 cm³/mol. The van der Waals surface area contributed by atoms with Gasteiger partial charge in [-0.15, -0.1) is 5.10 Å². The van der Waals surface area contributed by atoms with Crippen LogP contribution in [0.1, 0.15) is 29.9 Å². The number of hydrogen-bond acceptors (Lipinski definition) is 9. The number of aromatic nitrogens is 8. The van der Waals surface area contributed by atoms with Gasteiger partial charge in [-0.1, -0.05) is 23.7 Å². The number of carbonyl (C=O) groups excluding carboxylic acids is 2. The van der Waals surface area contributed by atoms with E-state index in [4.69, 9.17) is 11.6 Å². The molecule has 0 aliphatic rings. The van der Waals surface area contributed by atoms with E-state index in [0.29, 0.717) is 34.1 Å². The van der Waals surface area contributed by atoms with E-state index in [0.717, 1.165) is 23.4 Å². The van der Waals surface area contributed by atoms with E-state index in [1.807, 2.05) is 42.1 Å². The SMILES string of the molecule is CCn1ccc(CC(NC(=O)C=Cc2cc(Cl)ccc2-n2cnnn2)c2cc(-c3ccc(NC(=O)OC)cc3)cnn2)n1. The van der Waals surface area contributed by atoms with Gasteiger partial charge in [-0.2, -0.15) is 20.0 Å². The lowest BCUT2D eigenvalue weighted by Gasteiger charge is -2.17. The highest BCUT2D eigenvalue weighted by molar-refractivity contribution is 6.30. The van der Waals surface area contributed by atoms with Crippen molar-refractivity contribution < 1.29 is 14.3 Å². The topological polar surface area (TPSA) is 155 Å². The van der Waals surface area contributed by atoms with Gasteiger partial charge in [0.25, 0.3) is 0 Å². The second-order valence-electron chi connectivity index (χ2n) is 9.28. The van der Waals surface area contributed by atoms with Crippen LogP contribution in [0.15, 0.2) is 79.4 Å². The first-order valence-corrected chi connectivity index (χ1v) is 13.6. The number of halogens is 1. The minimum absolute atomic E-state index is 0.354. The molecule has 2 N–H and O–H groups in total. The smallest absolute Gasteiger partial charge is 0.411 e. The van der Waals surface area contributed by atoms with Gasteiger partial charge in [0.2, 0.25) is 5.91 Å². The summed E-state index contributed by atoms with van der Waals surface area (Å²) in [4.78, 5) is 24.8. The Hall–Kier alpha value is -5.43. The van der Waals surface area contributed by atoms with Crippen molar-refractivity contribution in [3.8, 4) is 16.8 Å². The van der Waals surface area contributed by atoms with Crippen molar-refractivity contribution in [3.63, 3.8) is 0 Å².